The molecule has 20 heavy (non-hydrogen) atoms. The highest BCUT2D eigenvalue weighted by atomic mass is 16.6. The molecule has 0 fully saturated rings. The lowest BCUT2D eigenvalue weighted by atomic mass is 10.1. The van der Waals surface area contributed by atoms with Crippen molar-refractivity contribution in [2.45, 2.75) is 39.3 Å². The van der Waals surface area contributed by atoms with E-state index in [9.17, 15) is 4.79 Å². The predicted molar refractivity (Wildman–Crippen MR) is 77.7 cm³/mol. The zero-order chi connectivity index (χ0) is 14.8. The number of hydrogen-bond donors (Lipinski definition) is 0. The second-order valence-corrected chi connectivity index (χ2v) is 5.75. The van der Waals surface area contributed by atoms with Gasteiger partial charge < -0.3 is 4.74 Å². The Kier molecular flexibility index (Phi) is 3.93. The number of nitrogens with zero attached hydrogens (tertiary/aromatic N) is 2. The van der Waals surface area contributed by atoms with Crippen LogP contribution in [-0.2, 0) is 4.74 Å². The number of benzene rings is 1. The van der Waals surface area contributed by atoms with Gasteiger partial charge >= 0.3 is 5.97 Å². The van der Waals surface area contributed by atoms with E-state index >= 15 is 0 Å². The second-order valence-electron chi connectivity index (χ2n) is 5.75. The Labute approximate surface area is 119 Å². The summed E-state index contributed by atoms with van der Waals surface area (Å²) in [5.41, 5.74) is 1.06. The molecule has 0 saturated carbocycles. The van der Waals surface area contributed by atoms with Crippen LogP contribution in [0.3, 0.4) is 0 Å². The van der Waals surface area contributed by atoms with Gasteiger partial charge in [0.2, 0.25) is 0 Å². The second kappa shape index (κ2) is 5.49. The van der Waals surface area contributed by atoms with Crippen LogP contribution in [0.5, 0.6) is 0 Å². The number of carbonyl (C=O) groups excluding carboxylic acids is 1. The summed E-state index contributed by atoms with van der Waals surface area (Å²) in [5.74, 6) is -0.349. The number of carbonyl (C=O) groups is 1. The van der Waals surface area contributed by atoms with Crippen LogP contribution in [0.4, 0.5) is 0 Å². The number of rotatable bonds is 3. The molecule has 4 nitrogen and oxygen atoms in total. The number of ether oxygens (including phenoxy) is 1. The van der Waals surface area contributed by atoms with Crippen LogP contribution in [0.2, 0.25) is 0 Å². The summed E-state index contributed by atoms with van der Waals surface area (Å²) in [6, 6.07) is 11.6. The fraction of sp³-hybridized carbons (Fsp3) is 0.375. The van der Waals surface area contributed by atoms with Crippen molar-refractivity contribution in [1.82, 2.24) is 9.78 Å². The number of aromatic nitrogens is 2. The Morgan fingerprint density at radius 1 is 1.20 bits per heavy atom. The van der Waals surface area contributed by atoms with E-state index < -0.39 is 5.60 Å². The van der Waals surface area contributed by atoms with E-state index in [-0.39, 0.29) is 12.0 Å². The molecule has 106 valence electrons. The molecule has 1 atom stereocenters. The summed E-state index contributed by atoms with van der Waals surface area (Å²) in [6.45, 7) is 7.57. The van der Waals surface area contributed by atoms with Crippen LogP contribution in [0.1, 0.15) is 49.8 Å². The van der Waals surface area contributed by atoms with Crippen molar-refractivity contribution in [3.05, 3.63) is 53.9 Å². The highest BCUT2D eigenvalue weighted by molar-refractivity contribution is 5.87. The average Bonchev–Trinajstić information content (AvgIpc) is 2.86. The van der Waals surface area contributed by atoms with Gasteiger partial charge in [0, 0.05) is 6.20 Å². The largest absolute Gasteiger partial charge is 0.455 e. The van der Waals surface area contributed by atoms with Gasteiger partial charge in [-0.3, -0.25) is 4.68 Å². The first-order chi connectivity index (χ1) is 9.38. The topological polar surface area (TPSA) is 44.1 Å². The summed E-state index contributed by atoms with van der Waals surface area (Å²) in [7, 11) is 0. The first kappa shape index (κ1) is 14.3. The highest BCUT2D eigenvalue weighted by Crippen LogP contribution is 2.20. The maximum absolute atomic E-state index is 12.2. The molecular weight excluding hydrogens is 252 g/mol. The molecule has 1 heterocycles. The van der Waals surface area contributed by atoms with Gasteiger partial charge in [-0.15, -0.1) is 0 Å². The molecular formula is C16H20N2O2. The van der Waals surface area contributed by atoms with Crippen LogP contribution in [0.15, 0.2) is 42.6 Å². The minimum absolute atomic E-state index is 0.0197. The molecule has 0 radical (unpaired) electrons. The van der Waals surface area contributed by atoms with Gasteiger partial charge in [0.25, 0.3) is 0 Å². The third-order valence-corrected chi connectivity index (χ3v) is 2.93. The van der Waals surface area contributed by atoms with Gasteiger partial charge in [-0.2, -0.15) is 5.10 Å². The molecule has 2 rings (SSSR count). The van der Waals surface area contributed by atoms with Crippen molar-refractivity contribution in [3.63, 3.8) is 0 Å². The van der Waals surface area contributed by atoms with Gasteiger partial charge in [-0.05, 0) is 39.3 Å². The third-order valence-electron chi connectivity index (χ3n) is 2.93. The lowest BCUT2D eigenvalue weighted by Crippen LogP contribution is -2.26. The fourth-order valence-corrected chi connectivity index (χ4v) is 1.99. The van der Waals surface area contributed by atoms with E-state index in [1.54, 1.807) is 16.9 Å². The van der Waals surface area contributed by atoms with Gasteiger partial charge in [-0.1, -0.05) is 30.3 Å². The standard InChI is InChI=1S/C16H20N2O2/c1-12(13-8-6-5-7-9-13)18-14(10-11-17-18)15(19)20-16(2,3)4/h5-12H,1-4H3/t12-/m1/s1. The van der Waals surface area contributed by atoms with Crippen LogP contribution in [0, 0.1) is 0 Å². The Hall–Kier alpha value is -2.10. The van der Waals surface area contributed by atoms with Crippen molar-refractivity contribution in [2.24, 2.45) is 0 Å². The molecule has 0 saturated heterocycles. The molecule has 2 aromatic rings. The van der Waals surface area contributed by atoms with E-state index in [4.69, 9.17) is 4.74 Å². The molecule has 0 unspecified atom stereocenters. The summed E-state index contributed by atoms with van der Waals surface area (Å²) in [4.78, 5) is 12.2. The van der Waals surface area contributed by atoms with Crippen molar-refractivity contribution in [3.8, 4) is 0 Å². The van der Waals surface area contributed by atoms with Crippen molar-refractivity contribution >= 4 is 5.97 Å². The molecule has 4 heteroatoms. The summed E-state index contributed by atoms with van der Waals surface area (Å²) >= 11 is 0. The highest BCUT2D eigenvalue weighted by Gasteiger charge is 2.23. The number of esters is 1. The van der Waals surface area contributed by atoms with Gasteiger partial charge in [0.15, 0.2) is 0 Å². The normalized spacial score (nSPS) is 13.0. The molecule has 0 N–H and O–H groups in total. The van der Waals surface area contributed by atoms with E-state index in [2.05, 4.69) is 5.10 Å². The van der Waals surface area contributed by atoms with Crippen molar-refractivity contribution < 1.29 is 9.53 Å². The summed E-state index contributed by atoms with van der Waals surface area (Å²) < 4.78 is 7.11. The lowest BCUT2D eigenvalue weighted by molar-refractivity contribution is 0.00549. The maximum Gasteiger partial charge on any atom is 0.357 e. The summed E-state index contributed by atoms with van der Waals surface area (Å²) in [6.07, 6.45) is 1.62. The monoisotopic (exact) mass is 272 g/mol. The minimum Gasteiger partial charge on any atom is -0.455 e. The van der Waals surface area contributed by atoms with E-state index in [0.29, 0.717) is 5.69 Å². The summed E-state index contributed by atoms with van der Waals surface area (Å²) in [5, 5.41) is 4.26. The maximum atomic E-state index is 12.2. The van der Waals surface area contributed by atoms with Gasteiger partial charge in [-0.25, -0.2) is 4.79 Å². The van der Waals surface area contributed by atoms with Crippen molar-refractivity contribution in [1.29, 1.82) is 0 Å². The molecule has 0 aliphatic carbocycles. The molecule has 0 bridgehead atoms. The SMILES string of the molecule is C[C@H](c1ccccc1)n1nccc1C(=O)OC(C)(C)C. The van der Waals surface area contributed by atoms with Gasteiger partial charge in [0.05, 0.1) is 6.04 Å². The van der Waals surface area contributed by atoms with E-state index in [1.165, 1.54) is 0 Å². The molecule has 0 amide bonds. The van der Waals surface area contributed by atoms with Crippen LogP contribution >= 0.6 is 0 Å². The number of hydrogen-bond acceptors (Lipinski definition) is 3. The average molecular weight is 272 g/mol. The quantitative estimate of drug-likeness (QED) is 0.804. The molecule has 1 aromatic heterocycles. The Bertz CT molecular complexity index is 582. The Morgan fingerprint density at radius 3 is 2.45 bits per heavy atom. The predicted octanol–water partition coefficient (Wildman–Crippen LogP) is 3.45. The molecule has 1 aromatic carbocycles. The third kappa shape index (κ3) is 3.26. The smallest absolute Gasteiger partial charge is 0.357 e. The minimum atomic E-state index is -0.512. The molecule has 0 spiro atoms. The molecule has 0 aliphatic heterocycles. The van der Waals surface area contributed by atoms with Crippen LogP contribution in [0.25, 0.3) is 0 Å². The first-order valence-corrected chi connectivity index (χ1v) is 6.70. The van der Waals surface area contributed by atoms with Crippen molar-refractivity contribution in [2.75, 3.05) is 0 Å². The Morgan fingerprint density at radius 2 is 1.85 bits per heavy atom. The zero-order valence-electron chi connectivity index (χ0n) is 12.3. The molecule has 0 aliphatic rings. The van der Waals surface area contributed by atoms with E-state index in [0.717, 1.165) is 5.56 Å². The fourth-order valence-electron chi connectivity index (χ4n) is 1.99. The van der Waals surface area contributed by atoms with Crippen LogP contribution < -0.4 is 0 Å². The van der Waals surface area contributed by atoms with E-state index in [1.807, 2.05) is 58.0 Å². The van der Waals surface area contributed by atoms with Crippen LogP contribution in [-0.4, -0.2) is 21.4 Å². The zero-order valence-corrected chi connectivity index (χ0v) is 12.3. The Balaban J connectivity index is 2.27. The lowest BCUT2D eigenvalue weighted by Gasteiger charge is -2.21. The first-order valence-electron chi connectivity index (χ1n) is 6.70. The van der Waals surface area contributed by atoms with Gasteiger partial charge in [0.1, 0.15) is 11.3 Å².